The van der Waals surface area contributed by atoms with Gasteiger partial charge in [0.05, 0.1) is 59.4 Å². The van der Waals surface area contributed by atoms with E-state index in [-0.39, 0.29) is 19.8 Å². The van der Waals surface area contributed by atoms with Gasteiger partial charge in [-0.1, -0.05) is 0 Å². The molecule has 0 unspecified atom stereocenters. The molecule has 0 bridgehead atoms. The zero-order valence-electron chi connectivity index (χ0n) is 14.5. The first kappa shape index (κ1) is 21.6. The van der Waals surface area contributed by atoms with Gasteiger partial charge in [0.25, 0.3) is 0 Å². The molecule has 1 saturated heterocycles. The van der Waals surface area contributed by atoms with Crippen LogP contribution < -0.4 is 5.32 Å². The van der Waals surface area contributed by atoms with Crippen LogP contribution in [0.25, 0.3) is 0 Å². The predicted molar refractivity (Wildman–Crippen MR) is 84.4 cm³/mol. The average Bonchev–Trinajstić information content (AvgIpc) is 3.02. The minimum absolute atomic E-state index is 0.0178. The monoisotopic (exact) mass is 365 g/mol. The summed E-state index contributed by atoms with van der Waals surface area (Å²) < 4.78 is 35.5. The number of carbonyl (C=O) groups is 2. The Kier molecular flexibility index (Phi) is 12.8. The highest BCUT2D eigenvalue weighted by atomic mass is 16.6. The fraction of sp³-hybridized carbons (Fsp3) is 0.867. The lowest BCUT2D eigenvalue weighted by Crippen LogP contribution is -2.24. The summed E-state index contributed by atoms with van der Waals surface area (Å²) in [6.45, 7) is 3.85. The van der Waals surface area contributed by atoms with Gasteiger partial charge in [-0.25, -0.2) is 9.59 Å². The van der Waals surface area contributed by atoms with Crippen molar-refractivity contribution >= 4 is 12.1 Å². The van der Waals surface area contributed by atoms with Gasteiger partial charge in [0.2, 0.25) is 0 Å². The van der Waals surface area contributed by atoms with Crippen molar-refractivity contribution < 1.29 is 42.7 Å². The number of alkyl carbamates (subject to hydrolysis) is 1. The Bertz CT molecular complexity index is 367. The van der Waals surface area contributed by atoms with Crippen LogP contribution >= 0.6 is 0 Å². The third kappa shape index (κ3) is 12.5. The SMILES string of the molecule is COCCOCCOCCOCCOCC(=O)OC[C@@H]1CNC(=O)O1. The van der Waals surface area contributed by atoms with Gasteiger partial charge in [-0.05, 0) is 0 Å². The van der Waals surface area contributed by atoms with Gasteiger partial charge in [-0.15, -0.1) is 0 Å². The molecule has 1 aliphatic rings. The molecule has 1 fully saturated rings. The minimum Gasteiger partial charge on any atom is -0.460 e. The highest BCUT2D eigenvalue weighted by molar-refractivity contribution is 5.71. The highest BCUT2D eigenvalue weighted by Gasteiger charge is 2.23. The number of amides is 1. The molecule has 0 aromatic rings. The second-order valence-corrected chi connectivity index (χ2v) is 4.97. The van der Waals surface area contributed by atoms with Crippen molar-refractivity contribution in [3.05, 3.63) is 0 Å². The first-order chi connectivity index (χ1) is 12.2. The molecule has 25 heavy (non-hydrogen) atoms. The van der Waals surface area contributed by atoms with Gasteiger partial charge in [0.15, 0.2) is 6.10 Å². The number of ether oxygens (including phenoxy) is 7. The summed E-state index contributed by atoms with van der Waals surface area (Å²) in [6, 6.07) is 0. The lowest BCUT2D eigenvalue weighted by Gasteiger charge is -2.09. The Morgan fingerprint density at radius 2 is 1.56 bits per heavy atom. The topological polar surface area (TPSA) is 111 Å². The fourth-order valence-corrected chi connectivity index (χ4v) is 1.71. The zero-order chi connectivity index (χ0) is 18.2. The summed E-state index contributed by atoms with van der Waals surface area (Å²) in [4.78, 5) is 22.2. The maximum atomic E-state index is 11.4. The van der Waals surface area contributed by atoms with E-state index in [2.05, 4.69) is 5.32 Å². The second-order valence-electron chi connectivity index (χ2n) is 4.97. The van der Waals surface area contributed by atoms with Crippen LogP contribution in [0.5, 0.6) is 0 Å². The van der Waals surface area contributed by atoms with Crippen LogP contribution in [0.4, 0.5) is 4.79 Å². The Labute approximate surface area is 147 Å². The van der Waals surface area contributed by atoms with Gasteiger partial charge in [-0.3, -0.25) is 0 Å². The van der Waals surface area contributed by atoms with Crippen LogP contribution in [-0.4, -0.2) is 97.9 Å². The molecule has 1 amide bonds. The minimum atomic E-state index is -0.514. The lowest BCUT2D eigenvalue weighted by molar-refractivity contribution is -0.151. The smallest absolute Gasteiger partial charge is 0.407 e. The van der Waals surface area contributed by atoms with Gasteiger partial charge in [0, 0.05) is 7.11 Å². The van der Waals surface area contributed by atoms with E-state index >= 15 is 0 Å². The molecule has 1 rings (SSSR count). The molecule has 0 aromatic carbocycles. The summed E-state index contributed by atoms with van der Waals surface area (Å²) in [7, 11) is 1.62. The molecule has 0 radical (unpaired) electrons. The Balaban J connectivity index is 1.76. The maximum absolute atomic E-state index is 11.4. The van der Waals surface area contributed by atoms with Crippen molar-refractivity contribution in [2.45, 2.75) is 6.10 Å². The summed E-state index contributed by atoms with van der Waals surface area (Å²) in [6.07, 6.45) is -0.942. The molecule has 146 valence electrons. The van der Waals surface area contributed by atoms with Gasteiger partial charge in [0.1, 0.15) is 13.2 Å². The largest absolute Gasteiger partial charge is 0.460 e. The van der Waals surface area contributed by atoms with E-state index in [1.54, 1.807) is 7.11 Å². The molecule has 0 aromatic heterocycles. The number of nitrogens with one attached hydrogen (secondary N) is 1. The highest BCUT2D eigenvalue weighted by Crippen LogP contribution is 2.00. The molecule has 0 saturated carbocycles. The first-order valence-electron chi connectivity index (χ1n) is 8.12. The summed E-state index contributed by atoms with van der Waals surface area (Å²) in [5.74, 6) is -0.514. The van der Waals surface area contributed by atoms with Crippen LogP contribution in [0.2, 0.25) is 0 Å². The zero-order valence-corrected chi connectivity index (χ0v) is 14.5. The van der Waals surface area contributed by atoms with E-state index in [4.69, 9.17) is 33.2 Å². The quantitative estimate of drug-likeness (QED) is 0.282. The van der Waals surface area contributed by atoms with Crippen LogP contribution in [0, 0.1) is 0 Å². The Morgan fingerprint density at radius 3 is 2.08 bits per heavy atom. The van der Waals surface area contributed by atoms with Crippen LogP contribution in [0.1, 0.15) is 0 Å². The predicted octanol–water partition coefficient (Wildman–Crippen LogP) is -0.649. The van der Waals surface area contributed by atoms with Crippen LogP contribution in [-0.2, 0) is 38.0 Å². The molecule has 1 atom stereocenters. The summed E-state index contributed by atoms with van der Waals surface area (Å²) >= 11 is 0. The van der Waals surface area contributed by atoms with Gasteiger partial charge >= 0.3 is 12.1 Å². The molecule has 1 heterocycles. The molecular weight excluding hydrogens is 338 g/mol. The van der Waals surface area contributed by atoms with Crippen molar-refractivity contribution in [2.24, 2.45) is 0 Å². The van der Waals surface area contributed by atoms with Crippen molar-refractivity contribution in [2.75, 3.05) is 79.7 Å². The number of methoxy groups -OCH3 is 1. The van der Waals surface area contributed by atoms with Crippen LogP contribution in [0.15, 0.2) is 0 Å². The molecule has 10 nitrogen and oxygen atoms in total. The summed E-state index contributed by atoms with van der Waals surface area (Å²) in [5, 5.41) is 2.47. The summed E-state index contributed by atoms with van der Waals surface area (Å²) in [5.41, 5.74) is 0. The van der Waals surface area contributed by atoms with Crippen LogP contribution in [0.3, 0.4) is 0 Å². The lowest BCUT2D eigenvalue weighted by atomic mass is 10.4. The Morgan fingerprint density at radius 1 is 1.00 bits per heavy atom. The van der Waals surface area contributed by atoms with E-state index in [1.165, 1.54) is 0 Å². The second kappa shape index (κ2) is 14.8. The third-order valence-corrected chi connectivity index (χ3v) is 2.95. The number of rotatable bonds is 16. The molecule has 0 spiro atoms. The standard InChI is InChI=1S/C15H27NO9/c1-19-2-3-20-4-5-21-6-7-22-8-9-23-12-14(17)24-11-13-10-16-15(18)25-13/h13H,2-12H2,1H3,(H,16,18)/t13-/m0/s1. The number of hydrogen-bond donors (Lipinski definition) is 1. The van der Waals surface area contributed by atoms with Crippen molar-refractivity contribution in [3.8, 4) is 0 Å². The third-order valence-electron chi connectivity index (χ3n) is 2.95. The van der Waals surface area contributed by atoms with Crippen molar-refractivity contribution in [1.82, 2.24) is 5.32 Å². The molecular formula is C15H27NO9. The van der Waals surface area contributed by atoms with Crippen molar-refractivity contribution in [3.63, 3.8) is 0 Å². The van der Waals surface area contributed by atoms with E-state index in [9.17, 15) is 9.59 Å². The molecule has 1 N–H and O–H groups in total. The number of cyclic esters (lactones) is 1. The number of carbonyl (C=O) groups excluding carboxylic acids is 2. The first-order valence-corrected chi connectivity index (χ1v) is 8.12. The van der Waals surface area contributed by atoms with Gasteiger partial charge in [-0.2, -0.15) is 0 Å². The van der Waals surface area contributed by atoms with Crippen molar-refractivity contribution in [1.29, 1.82) is 0 Å². The van der Waals surface area contributed by atoms with Gasteiger partial charge < -0.3 is 38.5 Å². The Hall–Kier alpha value is -1.46. The number of hydrogen-bond acceptors (Lipinski definition) is 9. The molecule has 10 heteroatoms. The maximum Gasteiger partial charge on any atom is 0.407 e. The van der Waals surface area contributed by atoms with E-state index < -0.39 is 18.2 Å². The van der Waals surface area contributed by atoms with E-state index in [1.807, 2.05) is 0 Å². The normalized spacial score (nSPS) is 16.5. The number of esters is 1. The van der Waals surface area contributed by atoms with E-state index in [0.717, 1.165) is 0 Å². The molecule has 1 aliphatic heterocycles. The molecule has 0 aliphatic carbocycles. The average molecular weight is 365 g/mol. The van der Waals surface area contributed by atoms with E-state index in [0.29, 0.717) is 52.8 Å². The fourth-order valence-electron chi connectivity index (χ4n) is 1.71.